The summed E-state index contributed by atoms with van der Waals surface area (Å²) < 4.78 is 1.66. The number of rotatable bonds is 3. The predicted octanol–water partition coefficient (Wildman–Crippen LogP) is 4.42. The Morgan fingerprint density at radius 1 is 0.704 bits per heavy atom. The Morgan fingerprint density at radius 3 is 2.07 bits per heavy atom. The first-order valence-electron chi connectivity index (χ1n) is 8.84. The highest BCUT2D eigenvalue weighted by atomic mass is 15.4. The van der Waals surface area contributed by atoms with Crippen molar-refractivity contribution in [1.82, 2.24) is 14.9 Å². The van der Waals surface area contributed by atoms with Gasteiger partial charge < -0.3 is 4.90 Å². The predicted molar refractivity (Wildman–Crippen MR) is 106 cm³/mol. The van der Waals surface area contributed by atoms with Gasteiger partial charge in [0.2, 0.25) is 0 Å². The maximum Gasteiger partial charge on any atom is 0.141 e. The third-order valence-electron chi connectivity index (χ3n) is 4.74. The van der Waals surface area contributed by atoms with Gasteiger partial charge in [0.15, 0.2) is 0 Å². The molecule has 1 unspecified atom stereocenters. The van der Waals surface area contributed by atoms with Gasteiger partial charge in [-0.2, -0.15) is 5.10 Å². The number of anilines is 2. The van der Waals surface area contributed by atoms with E-state index in [4.69, 9.17) is 5.10 Å². The van der Waals surface area contributed by atoms with E-state index in [1.54, 1.807) is 17.3 Å². The van der Waals surface area contributed by atoms with Crippen molar-refractivity contribution in [2.24, 2.45) is 5.10 Å². The van der Waals surface area contributed by atoms with Crippen molar-refractivity contribution < 1.29 is 0 Å². The Hall–Kier alpha value is -3.73. The van der Waals surface area contributed by atoms with E-state index < -0.39 is 0 Å². The number of benzene rings is 3. The van der Waals surface area contributed by atoms with Gasteiger partial charge in [0, 0.05) is 11.3 Å². The lowest BCUT2D eigenvalue weighted by Gasteiger charge is -2.28. The lowest BCUT2D eigenvalue weighted by atomic mass is 10.00. The van der Waals surface area contributed by atoms with Crippen LogP contribution in [0.4, 0.5) is 11.4 Å². The van der Waals surface area contributed by atoms with Crippen molar-refractivity contribution in [3.63, 3.8) is 0 Å². The highest BCUT2D eigenvalue weighted by molar-refractivity contribution is 6.16. The molecular formula is C22H17N5. The molecule has 0 bridgehead atoms. The fraction of sp³-hybridized carbons (Fsp3) is 0.0455. The van der Waals surface area contributed by atoms with Gasteiger partial charge in [-0.1, -0.05) is 66.7 Å². The molecule has 2 heterocycles. The quantitative estimate of drug-likeness (QED) is 0.549. The van der Waals surface area contributed by atoms with Crippen LogP contribution in [-0.4, -0.2) is 20.6 Å². The maximum absolute atomic E-state index is 4.86. The summed E-state index contributed by atoms with van der Waals surface area (Å²) in [5.41, 5.74) is 5.55. The standard InChI is InChI=1S/C22H17N5/c1-3-9-17(10-4-1)22-21(25-26-15-23-24-16-26)19-13-7-8-14-20(19)27(22)18-11-5-2-6-12-18/h1-16,22H. The Bertz CT molecular complexity index is 1070. The smallest absolute Gasteiger partial charge is 0.141 e. The van der Waals surface area contributed by atoms with Crippen molar-refractivity contribution >= 4 is 17.1 Å². The number of para-hydroxylation sites is 2. The molecule has 5 nitrogen and oxygen atoms in total. The van der Waals surface area contributed by atoms with E-state index in [0.717, 1.165) is 22.6 Å². The van der Waals surface area contributed by atoms with E-state index in [0.29, 0.717) is 0 Å². The highest BCUT2D eigenvalue weighted by Crippen LogP contribution is 2.45. The molecule has 1 aliphatic heterocycles. The van der Waals surface area contributed by atoms with Crippen LogP contribution >= 0.6 is 0 Å². The molecule has 130 valence electrons. The minimum absolute atomic E-state index is 0.0339. The van der Waals surface area contributed by atoms with Crippen LogP contribution in [0.3, 0.4) is 0 Å². The zero-order chi connectivity index (χ0) is 18.1. The van der Waals surface area contributed by atoms with Gasteiger partial charge in [0.1, 0.15) is 18.7 Å². The van der Waals surface area contributed by atoms with Gasteiger partial charge in [-0.05, 0) is 23.8 Å². The molecular weight excluding hydrogens is 334 g/mol. The molecule has 27 heavy (non-hydrogen) atoms. The topological polar surface area (TPSA) is 46.3 Å². The van der Waals surface area contributed by atoms with Gasteiger partial charge in [-0.3, -0.25) is 0 Å². The van der Waals surface area contributed by atoms with Crippen LogP contribution in [0.1, 0.15) is 17.2 Å². The van der Waals surface area contributed by atoms with Crippen molar-refractivity contribution in [2.75, 3.05) is 4.90 Å². The van der Waals surface area contributed by atoms with Crippen LogP contribution < -0.4 is 4.90 Å². The Labute approximate surface area is 157 Å². The van der Waals surface area contributed by atoms with Crippen LogP contribution in [0.15, 0.2) is 103 Å². The second kappa shape index (κ2) is 6.53. The monoisotopic (exact) mass is 351 g/mol. The first-order chi connectivity index (χ1) is 13.4. The highest BCUT2D eigenvalue weighted by Gasteiger charge is 2.37. The molecule has 0 N–H and O–H groups in total. The molecule has 1 aromatic heterocycles. The van der Waals surface area contributed by atoms with Crippen LogP contribution in [-0.2, 0) is 0 Å². The Balaban J connectivity index is 1.77. The average molecular weight is 351 g/mol. The van der Waals surface area contributed by atoms with Crippen molar-refractivity contribution in [1.29, 1.82) is 0 Å². The number of fused-ring (bicyclic) bond motifs is 1. The summed E-state index contributed by atoms with van der Waals surface area (Å²) in [4.78, 5) is 2.34. The summed E-state index contributed by atoms with van der Waals surface area (Å²) in [7, 11) is 0. The molecule has 1 atom stereocenters. The van der Waals surface area contributed by atoms with Crippen molar-refractivity contribution in [3.8, 4) is 0 Å². The van der Waals surface area contributed by atoms with Crippen LogP contribution in [0.25, 0.3) is 0 Å². The summed E-state index contributed by atoms with van der Waals surface area (Å²) in [5.74, 6) is 0. The summed E-state index contributed by atoms with van der Waals surface area (Å²) >= 11 is 0. The molecule has 3 aromatic carbocycles. The molecule has 0 saturated heterocycles. The van der Waals surface area contributed by atoms with E-state index in [9.17, 15) is 0 Å². The van der Waals surface area contributed by atoms with E-state index in [1.807, 2.05) is 12.1 Å². The Morgan fingerprint density at radius 2 is 1.33 bits per heavy atom. The average Bonchev–Trinajstić information content (AvgIpc) is 3.36. The van der Waals surface area contributed by atoms with Crippen molar-refractivity contribution in [3.05, 3.63) is 109 Å². The number of hydrogen-bond donors (Lipinski definition) is 0. The summed E-state index contributed by atoms with van der Waals surface area (Å²) in [6.45, 7) is 0. The van der Waals surface area contributed by atoms with Crippen LogP contribution in [0.5, 0.6) is 0 Å². The van der Waals surface area contributed by atoms with Gasteiger partial charge >= 0.3 is 0 Å². The van der Waals surface area contributed by atoms with Crippen LogP contribution in [0, 0.1) is 0 Å². The third-order valence-corrected chi connectivity index (χ3v) is 4.74. The molecule has 0 radical (unpaired) electrons. The van der Waals surface area contributed by atoms with Gasteiger partial charge in [-0.25, -0.2) is 4.68 Å². The van der Waals surface area contributed by atoms with E-state index in [-0.39, 0.29) is 6.04 Å². The molecule has 0 amide bonds. The molecule has 0 fully saturated rings. The summed E-state index contributed by atoms with van der Waals surface area (Å²) in [6, 6.07) is 29.3. The second-order valence-electron chi connectivity index (χ2n) is 6.36. The fourth-order valence-corrected chi connectivity index (χ4v) is 3.61. The molecule has 0 saturated carbocycles. The Kier molecular flexibility index (Phi) is 3.76. The number of hydrogen-bond acceptors (Lipinski definition) is 4. The zero-order valence-corrected chi connectivity index (χ0v) is 14.6. The molecule has 0 aliphatic carbocycles. The second-order valence-corrected chi connectivity index (χ2v) is 6.36. The number of aromatic nitrogens is 3. The first-order valence-corrected chi connectivity index (χ1v) is 8.84. The van der Waals surface area contributed by atoms with E-state index in [2.05, 4.69) is 87.9 Å². The molecule has 5 heteroatoms. The molecule has 4 aromatic rings. The van der Waals surface area contributed by atoms with Gasteiger partial charge in [-0.15, -0.1) is 10.2 Å². The van der Waals surface area contributed by atoms with Crippen LogP contribution in [0.2, 0.25) is 0 Å². The lowest BCUT2D eigenvalue weighted by molar-refractivity contribution is 0.840. The summed E-state index contributed by atoms with van der Waals surface area (Å²) in [6.07, 6.45) is 3.23. The SMILES string of the molecule is c1ccc(C2C(=Nn3cnnc3)c3ccccc3N2c2ccccc2)cc1. The minimum Gasteiger partial charge on any atom is -0.328 e. The normalized spacial score (nSPS) is 17.3. The largest absolute Gasteiger partial charge is 0.328 e. The first kappa shape index (κ1) is 15.5. The van der Waals surface area contributed by atoms with Gasteiger partial charge in [0.25, 0.3) is 0 Å². The van der Waals surface area contributed by atoms with E-state index in [1.165, 1.54) is 5.56 Å². The maximum atomic E-state index is 4.86. The molecule has 5 rings (SSSR count). The molecule has 1 aliphatic rings. The lowest BCUT2D eigenvalue weighted by Crippen LogP contribution is -2.24. The number of nitrogens with zero attached hydrogens (tertiary/aromatic N) is 5. The fourth-order valence-electron chi connectivity index (χ4n) is 3.61. The molecule has 0 spiro atoms. The van der Waals surface area contributed by atoms with Crippen molar-refractivity contribution in [2.45, 2.75) is 6.04 Å². The van der Waals surface area contributed by atoms with Gasteiger partial charge in [0.05, 0.1) is 11.4 Å². The summed E-state index contributed by atoms with van der Waals surface area (Å²) in [5, 5.41) is 12.6. The minimum atomic E-state index is -0.0339. The van der Waals surface area contributed by atoms with E-state index >= 15 is 0 Å². The zero-order valence-electron chi connectivity index (χ0n) is 14.6. The third kappa shape index (κ3) is 2.69.